The molecule has 0 aliphatic rings. The molecule has 7 nitrogen and oxygen atoms in total. The third-order valence-corrected chi connectivity index (χ3v) is 3.79. The first-order chi connectivity index (χ1) is 13.5. The van der Waals surface area contributed by atoms with Crippen LogP contribution in [0.3, 0.4) is 0 Å². The Labute approximate surface area is 162 Å². The second-order valence-corrected chi connectivity index (χ2v) is 6.00. The number of anilines is 4. The Morgan fingerprint density at radius 1 is 0.857 bits per heavy atom. The molecule has 0 radical (unpaired) electrons. The number of carbonyl (C=O) groups is 2. The van der Waals surface area contributed by atoms with E-state index in [1.807, 2.05) is 12.1 Å². The molecule has 7 heteroatoms. The zero-order valence-electron chi connectivity index (χ0n) is 15.5. The van der Waals surface area contributed by atoms with Crippen LogP contribution in [0.5, 0.6) is 5.75 Å². The molecule has 2 aromatic carbocycles. The topological polar surface area (TPSA) is 92.4 Å². The first kappa shape index (κ1) is 18.9. The Hall–Kier alpha value is -3.87. The van der Waals surface area contributed by atoms with Gasteiger partial charge >= 0.3 is 0 Å². The monoisotopic (exact) mass is 376 g/mol. The maximum absolute atomic E-state index is 12.5. The Morgan fingerprint density at radius 3 is 2.29 bits per heavy atom. The van der Waals surface area contributed by atoms with Crippen molar-refractivity contribution in [3.63, 3.8) is 0 Å². The maximum Gasteiger partial charge on any atom is 0.274 e. The molecule has 1 heterocycles. The lowest BCUT2D eigenvalue weighted by molar-refractivity contribution is -0.114. The maximum atomic E-state index is 12.5. The van der Waals surface area contributed by atoms with Gasteiger partial charge in [0.15, 0.2) is 0 Å². The van der Waals surface area contributed by atoms with Crippen molar-refractivity contribution in [1.82, 2.24) is 4.98 Å². The van der Waals surface area contributed by atoms with E-state index < -0.39 is 0 Å². The van der Waals surface area contributed by atoms with Crippen molar-refractivity contribution in [3.8, 4) is 5.75 Å². The highest BCUT2D eigenvalue weighted by molar-refractivity contribution is 6.03. The fourth-order valence-corrected chi connectivity index (χ4v) is 2.57. The van der Waals surface area contributed by atoms with E-state index in [2.05, 4.69) is 20.9 Å². The van der Waals surface area contributed by atoms with Crippen molar-refractivity contribution in [2.45, 2.75) is 6.92 Å². The van der Waals surface area contributed by atoms with Gasteiger partial charge in [0.25, 0.3) is 5.91 Å². The fraction of sp³-hybridized carbons (Fsp3) is 0.0952. The zero-order chi connectivity index (χ0) is 19.9. The van der Waals surface area contributed by atoms with E-state index >= 15 is 0 Å². The summed E-state index contributed by atoms with van der Waals surface area (Å²) in [7, 11) is 1.57. The van der Waals surface area contributed by atoms with Gasteiger partial charge in [0.2, 0.25) is 5.91 Å². The normalized spacial score (nSPS) is 10.1. The summed E-state index contributed by atoms with van der Waals surface area (Å²) in [4.78, 5) is 27.8. The number of benzene rings is 2. The summed E-state index contributed by atoms with van der Waals surface area (Å²) in [6, 6.07) is 17.8. The van der Waals surface area contributed by atoms with Crippen molar-refractivity contribution in [1.29, 1.82) is 0 Å². The molecule has 3 aromatic rings. The summed E-state index contributed by atoms with van der Waals surface area (Å²) in [6.45, 7) is 1.45. The first-order valence-electron chi connectivity index (χ1n) is 8.59. The molecule has 0 bridgehead atoms. The fourth-order valence-electron chi connectivity index (χ4n) is 2.57. The van der Waals surface area contributed by atoms with E-state index in [0.29, 0.717) is 22.8 Å². The van der Waals surface area contributed by atoms with Gasteiger partial charge in [-0.3, -0.25) is 14.6 Å². The van der Waals surface area contributed by atoms with Gasteiger partial charge < -0.3 is 20.7 Å². The summed E-state index contributed by atoms with van der Waals surface area (Å²) in [5.41, 5.74) is 3.04. The van der Waals surface area contributed by atoms with Crippen LogP contribution in [-0.2, 0) is 4.79 Å². The van der Waals surface area contributed by atoms with Gasteiger partial charge in [-0.05, 0) is 42.5 Å². The second kappa shape index (κ2) is 8.68. The molecule has 142 valence electrons. The number of hydrogen-bond acceptors (Lipinski definition) is 5. The molecule has 28 heavy (non-hydrogen) atoms. The number of aromatic nitrogens is 1. The van der Waals surface area contributed by atoms with Gasteiger partial charge in [-0.15, -0.1) is 0 Å². The Kier molecular flexibility index (Phi) is 5.86. The summed E-state index contributed by atoms with van der Waals surface area (Å²) in [5, 5.41) is 8.73. The summed E-state index contributed by atoms with van der Waals surface area (Å²) < 4.78 is 5.16. The van der Waals surface area contributed by atoms with Crippen LogP contribution in [0, 0.1) is 0 Å². The number of nitrogens with zero attached hydrogens (tertiary/aromatic N) is 1. The van der Waals surface area contributed by atoms with Gasteiger partial charge in [-0.2, -0.15) is 0 Å². The third kappa shape index (κ3) is 5.07. The van der Waals surface area contributed by atoms with Crippen molar-refractivity contribution in [3.05, 3.63) is 72.6 Å². The number of pyridine rings is 1. The number of ether oxygens (including phenoxy) is 1. The van der Waals surface area contributed by atoms with Gasteiger partial charge in [0, 0.05) is 41.9 Å². The van der Waals surface area contributed by atoms with Crippen molar-refractivity contribution in [2.75, 3.05) is 23.1 Å². The minimum Gasteiger partial charge on any atom is -0.497 e. The minimum atomic E-state index is -0.330. The predicted molar refractivity (Wildman–Crippen MR) is 109 cm³/mol. The Morgan fingerprint density at radius 2 is 1.54 bits per heavy atom. The largest absolute Gasteiger partial charge is 0.497 e. The molecule has 1 aromatic heterocycles. The molecule has 0 saturated carbocycles. The minimum absolute atomic E-state index is 0.141. The molecule has 0 aliphatic heterocycles. The van der Waals surface area contributed by atoms with Crippen molar-refractivity contribution >= 4 is 34.6 Å². The summed E-state index contributed by atoms with van der Waals surface area (Å²) >= 11 is 0. The van der Waals surface area contributed by atoms with Gasteiger partial charge in [-0.1, -0.05) is 12.1 Å². The average molecular weight is 376 g/mol. The van der Waals surface area contributed by atoms with E-state index in [4.69, 9.17) is 4.74 Å². The van der Waals surface area contributed by atoms with E-state index in [1.165, 1.54) is 6.92 Å². The van der Waals surface area contributed by atoms with Crippen LogP contribution in [0.15, 0.2) is 66.9 Å². The van der Waals surface area contributed by atoms with Gasteiger partial charge in [-0.25, -0.2) is 0 Å². The Bertz CT molecular complexity index is 1000. The smallest absolute Gasteiger partial charge is 0.274 e. The van der Waals surface area contributed by atoms with Crippen LogP contribution in [0.4, 0.5) is 22.7 Å². The van der Waals surface area contributed by atoms with Crippen molar-refractivity contribution in [2.24, 2.45) is 0 Å². The molecule has 0 aliphatic carbocycles. The number of methoxy groups -OCH3 is 1. The molecule has 0 spiro atoms. The number of nitrogens with one attached hydrogen (secondary N) is 3. The van der Waals surface area contributed by atoms with Crippen LogP contribution in [0.2, 0.25) is 0 Å². The average Bonchev–Trinajstić information content (AvgIpc) is 2.68. The van der Waals surface area contributed by atoms with Crippen LogP contribution < -0.4 is 20.7 Å². The van der Waals surface area contributed by atoms with Crippen LogP contribution >= 0.6 is 0 Å². The van der Waals surface area contributed by atoms with E-state index in [-0.39, 0.29) is 17.5 Å². The molecule has 0 unspecified atom stereocenters. The number of hydrogen-bond donors (Lipinski definition) is 3. The molecule has 0 fully saturated rings. The Balaban J connectivity index is 1.73. The van der Waals surface area contributed by atoms with E-state index in [9.17, 15) is 9.59 Å². The first-order valence-corrected chi connectivity index (χ1v) is 8.59. The quantitative estimate of drug-likeness (QED) is 0.604. The van der Waals surface area contributed by atoms with Crippen molar-refractivity contribution < 1.29 is 14.3 Å². The third-order valence-electron chi connectivity index (χ3n) is 3.79. The SMILES string of the molecule is COc1cccc(NC(=O)c2cc(Nc3cccc(NC(C)=O)c3)ccn2)c1. The lowest BCUT2D eigenvalue weighted by Crippen LogP contribution is -2.13. The molecule has 3 rings (SSSR count). The van der Waals surface area contributed by atoms with E-state index in [1.54, 1.807) is 61.8 Å². The highest BCUT2D eigenvalue weighted by Gasteiger charge is 2.09. The predicted octanol–water partition coefficient (Wildman–Crippen LogP) is 4.04. The molecule has 0 atom stereocenters. The standard InChI is InChI=1S/C21H20N4O3/c1-14(26)23-15-5-3-6-16(11-15)24-18-9-10-22-20(13-18)21(27)25-17-7-4-8-19(12-17)28-2/h3-13H,1-2H3,(H,22,24)(H,23,26)(H,25,27). The molecule has 3 N–H and O–H groups in total. The van der Waals surface area contributed by atoms with Crippen LogP contribution in [-0.4, -0.2) is 23.9 Å². The van der Waals surface area contributed by atoms with Gasteiger partial charge in [0.05, 0.1) is 7.11 Å². The zero-order valence-corrected chi connectivity index (χ0v) is 15.5. The second-order valence-electron chi connectivity index (χ2n) is 6.00. The molecular weight excluding hydrogens is 356 g/mol. The number of rotatable bonds is 6. The summed E-state index contributed by atoms with van der Waals surface area (Å²) in [6.07, 6.45) is 1.56. The number of carbonyl (C=O) groups excluding carboxylic acids is 2. The molecular formula is C21H20N4O3. The van der Waals surface area contributed by atoms with Crippen LogP contribution in [0.1, 0.15) is 17.4 Å². The van der Waals surface area contributed by atoms with E-state index in [0.717, 1.165) is 5.69 Å². The summed E-state index contributed by atoms with van der Waals surface area (Å²) in [5.74, 6) is 0.182. The molecule has 0 saturated heterocycles. The lowest BCUT2D eigenvalue weighted by Gasteiger charge is -2.10. The highest BCUT2D eigenvalue weighted by atomic mass is 16.5. The highest BCUT2D eigenvalue weighted by Crippen LogP contribution is 2.21. The van der Waals surface area contributed by atoms with Gasteiger partial charge in [0.1, 0.15) is 11.4 Å². The number of amides is 2. The van der Waals surface area contributed by atoms with Crippen LogP contribution in [0.25, 0.3) is 0 Å². The molecule has 2 amide bonds. The lowest BCUT2D eigenvalue weighted by atomic mass is 10.2.